The zero-order valence-electron chi connectivity index (χ0n) is 14.0. The minimum Gasteiger partial charge on any atom is -0.497 e. The number of carbonyl (C=O) groups excluding carboxylic acids is 1. The van der Waals surface area contributed by atoms with Gasteiger partial charge in [-0.3, -0.25) is 9.36 Å². The number of aryl methyl sites for hydroxylation is 1. The molecular formula is C18H18N4O2S. The van der Waals surface area contributed by atoms with Crippen molar-refractivity contribution < 1.29 is 9.53 Å². The third kappa shape index (κ3) is 4.39. The molecule has 128 valence electrons. The number of methoxy groups -OCH3 is 1. The summed E-state index contributed by atoms with van der Waals surface area (Å²) in [7, 11) is 1.59. The van der Waals surface area contributed by atoms with E-state index in [9.17, 15) is 4.79 Å². The van der Waals surface area contributed by atoms with E-state index in [1.807, 2.05) is 54.0 Å². The fourth-order valence-electron chi connectivity index (χ4n) is 2.23. The SMILES string of the molecule is COc1cccc(NC(=O)CSc2nncn2-c2ccc(C)cc2)c1. The van der Waals surface area contributed by atoms with Crippen LogP contribution in [0.2, 0.25) is 0 Å². The highest BCUT2D eigenvalue weighted by molar-refractivity contribution is 7.99. The van der Waals surface area contributed by atoms with E-state index in [4.69, 9.17) is 4.74 Å². The highest BCUT2D eigenvalue weighted by Gasteiger charge is 2.10. The van der Waals surface area contributed by atoms with Crippen LogP contribution in [0.1, 0.15) is 5.56 Å². The molecule has 0 saturated carbocycles. The summed E-state index contributed by atoms with van der Waals surface area (Å²) < 4.78 is 7.01. The molecule has 0 radical (unpaired) electrons. The van der Waals surface area contributed by atoms with Gasteiger partial charge in [-0.2, -0.15) is 0 Å². The first-order valence-electron chi connectivity index (χ1n) is 7.69. The zero-order valence-corrected chi connectivity index (χ0v) is 14.8. The lowest BCUT2D eigenvalue weighted by molar-refractivity contribution is -0.113. The van der Waals surface area contributed by atoms with Crippen molar-refractivity contribution >= 4 is 23.4 Å². The summed E-state index contributed by atoms with van der Waals surface area (Å²) in [5, 5.41) is 11.6. The normalized spacial score (nSPS) is 10.5. The standard InChI is InChI=1S/C18H18N4O2S/c1-13-6-8-15(9-7-13)22-12-19-21-18(22)25-11-17(23)20-14-4-3-5-16(10-14)24-2/h3-10,12H,11H2,1-2H3,(H,20,23). The van der Waals surface area contributed by atoms with Crippen LogP contribution in [0.15, 0.2) is 60.0 Å². The number of thioether (sulfide) groups is 1. The van der Waals surface area contributed by atoms with Crippen LogP contribution in [0.4, 0.5) is 5.69 Å². The van der Waals surface area contributed by atoms with Gasteiger partial charge in [-0.05, 0) is 31.2 Å². The van der Waals surface area contributed by atoms with E-state index in [2.05, 4.69) is 15.5 Å². The second-order valence-corrected chi connectivity index (χ2v) is 6.33. The van der Waals surface area contributed by atoms with E-state index in [1.165, 1.54) is 17.3 Å². The number of hydrogen-bond donors (Lipinski definition) is 1. The van der Waals surface area contributed by atoms with Crippen molar-refractivity contribution in [2.45, 2.75) is 12.1 Å². The lowest BCUT2D eigenvalue weighted by Gasteiger charge is -2.08. The lowest BCUT2D eigenvalue weighted by atomic mass is 10.2. The van der Waals surface area contributed by atoms with Crippen LogP contribution in [0.25, 0.3) is 5.69 Å². The van der Waals surface area contributed by atoms with Crippen molar-refractivity contribution in [2.24, 2.45) is 0 Å². The van der Waals surface area contributed by atoms with Crippen LogP contribution in [0.5, 0.6) is 5.75 Å². The number of hydrogen-bond acceptors (Lipinski definition) is 5. The Morgan fingerprint density at radius 3 is 2.80 bits per heavy atom. The van der Waals surface area contributed by atoms with Crippen molar-refractivity contribution in [3.05, 3.63) is 60.4 Å². The molecule has 0 aliphatic heterocycles. The number of aromatic nitrogens is 3. The Labute approximate surface area is 150 Å². The van der Waals surface area contributed by atoms with Gasteiger partial charge in [0.2, 0.25) is 5.91 Å². The average molecular weight is 354 g/mol. The Bertz CT molecular complexity index is 862. The van der Waals surface area contributed by atoms with Crippen LogP contribution >= 0.6 is 11.8 Å². The van der Waals surface area contributed by atoms with E-state index < -0.39 is 0 Å². The number of nitrogens with zero attached hydrogens (tertiary/aromatic N) is 3. The Balaban J connectivity index is 1.63. The smallest absolute Gasteiger partial charge is 0.234 e. The van der Waals surface area contributed by atoms with Gasteiger partial charge in [0, 0.05) is 17.4 Å². The maximum atomic E-state index is 12.2. The van der Waals surface area contributed by atoms with Crippen molar-refractivity contribution in [1.29, 1.82) is 0 Å². The van der Waals surface area contributed by atoms with E-state index >= 15 is 0 Å². The molecule has 2 aromatic carbocycles. The third-order valence-corrected chi connectivity index (χ3v) is 4.46. The Kier molecular flexibility index (Phi) is 5.35. The topological polar surface area (TPSA) is 69.0 Å². The minimum absolute atomic E-state index is 0.114. The largest absolute Gasteiger partial charge is 0.497 e. The van der Waals surface area contributed by atoms with Gasteiger partial charge in [-0.15, -0.1) is 10.2 Å². The van der Waals surface area contributed by atoms with Gasteiger partial charge in [-0.25, -0.2) is 0 Å². The fourth-order valence-corrected chi connectivity index (χ4v) is 2.96. The van der Waals surface area contributed by atoms with Crippen LogP contribution in [-0.4, -0.2) is 33.5 Å². The first-order valence-corrected chi connectivity index (χ1v) is 8.68. The molecule has 3 aromatic rings. The predicted molar refractivity (Wildman–Crippen MR) is 98.4 cm³/mol. The Hall–Kier alpha value is -2.80. The van der Waals surface area contributed by atoms with Gasteiger partial charge in [0.15, 0.2) is 5.16 Å². The predicted octanol–water partition coefficient (Wildman–Crippen LogP) is 3.32. The molecule has 0 saturated heterocycles. The average Bonchev–Trinajstić information content (AvgIpc) is 3.09. The highest BCUT2D eigenvalue weighted by Crippen LogP contribution is 2.21. The molecular weight excluding hydrogens is 336 g/mol. The van der Waals surface area contributed by atoms with Crippen molar-refractivity contribution in [3.8, 4) is 11.4 Å². The summed E-state index contributed by atoms with van der Waals surface area (Å²) in [6, 6.07) is 15.3. The molecule has 0 aliphatic rings. The fraction of sp³-hybridized carbons (Fsp3) is 0.167. The second kappa shape index (κ2) is 7.85. The van der Waals surface area contributed by atoms with Gasteiger partial charge in [0.1, 0.15) is 12.1 Å². The molecule has 6 nitrogen and oxygen atoms in total. The van der Waals surface area contributed by atoms with Gasteiger partial charge < -0.3 is 10.1 Å². The summed E-state index contributed by atoms with van der Waals surface area (Å²) in [5.41, 5.74) is 2.85. The van der Waals surface area contributed by atoms with Crippen LogP contribution < -0.4 is 10.1 Å². The Morgan fingerprint density at radius 1 is 1.24 bits per heavy atom. The van der Waals surface area contributed by atoms with E-state index in [0.717, 1.165) is 5.69 Å². The van der Waals surface area contributed by atoms with Gasteiger partial charge in [0.25, 0.3) is 0 Å². The summed E-state index contributed by atoms with van der Waals surface area (Å²) in [4.78, 5) is 12.2. The number of amides is 1. The molecule has 7 heteroatoms. The summed E-state index contributed by atoms with van der Waals surface area (Å²) >= 11 is 1.34. The van der Waals surface area contributed by atoms with E-state index in [1.54, 1.807) is 19.5 Å². The molecule has 0 bridgehead atoms. The molecule has 25 heavy (non-hydrogen) atoms. The number of nitrogens with one attached hydrogen (secondary N) is 1. The van der Waals surface area contributed by atoms with Gasteiger partial charge in [0.05, 0.1) is 12.9 Å². The maximum Gasteiger partial charge on any atom is 0.234 e. The number of rotatable bonds is 6. The molecule has 0 atom stereocenters. The molecule has 1 aromatic heterocycles. The molecule has 0 fully saturated rings. The highest BCUT2D eigenvalue weighted by atomic mass is 32.2. The minimum atomic E-state index is -0.114. The third-order valence-electron chi connectivity index (χ3n) is 3.51. The van der Waals surface area contributed by atoms with Crippen molar-refractivity contribution in [2.75, 3.05) is 18.2 Å². The second-order valence-electron chi connectivity index (χ2n) is 5.39. The molecule has 0 aliphatic carbocycles. The van der Waals surface area contributed by atoms with Crippen LogP contribution in [-0.2, 0) is 4.79 Å². The molecule has 0 unspecified atom stereocenters. The van der Waals surface area contributed by atoms with Gasteiger partial charge >= 0.3 is 0 Å². The zero-order chi connectivity index (χ0) is 17.6. The summed E-state index contributed by atoms with van der Waals surface area (Å²) in [6.07, 6.45) is 1.65. The first-order chi connectivity index (χ1) is 12.2. The molecule has 0 spiro atoms. The van der Waals surface area contributed by atoms with Crippen molar-refractivity contribution in [1.82, 2.24) is 14.8 Å². The Morgan fingerprint density at radius 2 is 2.04 bits per heavy atom. The number of benzene rings is 2. The number of ether oxygens (including phenoxy) is 1. The lowest BCUT2D eigenvalue weighted by Crippen LogP contribution is -2.14. The quantitative estimate of drug-likeness (QED) is 0.688. The van der Waals surface area contributed by atoms with Crippen LogP contribution in [0, 0.1) is 6.92 Å². The monoisotopic (exact) mass is 354 g/mol. The summed E-state index contributed by atoms with van der Waals surface area (Å²) in [6.45, 7) is 2.04. The molecule has 1 N–H and O–H groups in total. The van der Waals surface area contributed by atoms with E-state index in [0.29, 0.717) is 16.6 Å². The molecule has 1 heterocycles. The summed E-state index contributed by atoms with van der Waals surface area (Å²) in [5.74, 6) is 0.822. The number of anilines is 1. The molecule has 1 amide bonds. The van der Waals surface area contributed by atoms with Crippen LogP contribution in [0.3, 0.4) is 0 Å². The molecule has 3 rings (SSSR count). The number of carbonyl (C=O) groups is 1. The maximum absolute atomic E-state index is 12.2. The van der Waals surface area contributed by atoms with Crippen molar-refractivity contribution in [3.63, 3.8) is 0 Å². The van der Waals surface area contributed by atoms with Gasteiger partial charge in [-0.1, -0.05) is 35.5 Å². The first kappa shape index (κ1) is 17.0. The van der Waals surface area contributed by atoms with E-state index in [-0.39, 0.29) is 11.7 Å².